The van der Waals surface area contributed by atoms with Gasteiger partial charge in [0, 0.05) is 5.69 Å². The molecule has 1 rings (SSSR count). The Bertz CT molecular complexity index is 259. The van der Waals surface area contributed by atoms with Gasteiger partial charge >= 0.3 is 5.38 Å². The molecule has 0 fully saturated rings. The zero-order valence-corrected chi connectivity index (χ0v) is 6.44. The van der Waals surface area contributed by atoms with Gasteiger partial charge < -0.3 is 0 Å². The van der Waals surface area contributed by atoms with Crippen molar-refractivity contribution < 1.29 is 8.78 Å². The number of hydrogen-bond acceptors (Lipinski definition) is 2. The number of nitrogens with zero attached hydrogens (tertiary/aromatic N) is 2. The summed E-state index contributed by atoms with van der Waals surface area (Å²) in [7, 11) is 0. The fourth-order valence-corrected chi connectivity index (χ4v) is 0.713. The molecule has 0 aliphatic heterocycles. The van der Waals surface area contributed by atoms with Gasteiger partial charge in [-0.1, -0.05) is 0 Å². The van der Waals surface area contributed by atoms with Crippen LogP contribution in [0.1, 0.15) is 11.4 Å². The van der Waals surface area contributed by atoms with E-state index in [9.17, 15) is 8.78 Å². The quantitative estimate of drug-likeness (QED) is 0.616. The van der Waals surface area contributed by atoms with Crippen molar-refractivity contribution in [2.75, 3.05) is 0 Å². The molecule has 0 spiro atoms. The number of alkyl halides is 3. The molecular formula is C6H5ClF2N2. The minimum Gasteiger partial charge on any atom is -0.242 e. The maximum absolute atomic E-state index is 12.3. The summed E-state index contributed by atoms with van der Waals surface area (Å²) in [6.07, 6.45) is 1.06. The maximum Gasteiger partial charge on any atom is 0.364 e. The third-order valence-corrected chi connectivity index (χ3v) is 1.29. The molecule has 0 radical (unpaired) electrons. The molecule has 0 atom stereocenters. The second kappa shape index (κ2) is 2.70. The van der Waals surface area contributed by atoms with Crippen molar-refractivity contribution in [1.29, 1.82) is 0 Å². The molecule has 0 saturated carbocycles. The van der Waals surface area contributed by atoms with E-state index in [2.05, 4.69) is 9.97 Å². The van der Waals surface area contributed by atoms with E-state index < -0.39 is 11.1 Å². The van der Waals surface area contributed by atoms with Gasteiger partial charge in [-0.2, -0.15) is 8.78 Å². The van der Waals surface area contributed by atoms with Crippen LogP contribution in [0.4, 0.5) is 8.78 Å². The van der Waals surface area contributed by atoms with Crippen LogP contribution in [0.5, 0.6) is 0 Å². The molecule has 60 valence electrons. The van der Waals surface area contributed by atoms with Gasteiger partial charge in [0.25, 0.3) is 0 Å². The first kappa shape index (κ1) is 8.33. The Morgan fingerprint density at radius 2 is 2.09 bits per heavy atom. The van der Waals surface area contributed by atoms with Gasteiger partial charge in [-0.3, -0.25) is 0 Å². The molecule has 0 N–H and O–H groups in total. The molecule has 0 bridgehead atoms. The summed E-state index contributed by atoms with van der Waals surface area (Å²) in [4.78, 5) is 6.97. The average molecular weight is 179 g/mol. The van der Waals surface area contributed by atoms with Crippen LogP contribution in [0.2, 0.25) is 0 Å². The standard InChI is InChI=1S/C6H5ClF2N2/c1-4-2-5(6(7,8)9)11-3-10-4/h2-3H,1H3. The van der Waals surface area contributed by atoms with E-state index in [4.69, 9.17) is 11.6 Å². The molecule has 1 aromatic heterocycles. The van der Waals surface area contributed by atoms with Crippen molar-refractivity contribution in [3.8, 4) is 0 Å². The van der Waals surface area contributed by atoms with E-state index in [1.807, 2.05) is 0 Å². The van der Waals surface area contributed by atoms with Crippen LogP contribution in [0.25, 0.3) is 0 Å². The first-order chi connectivity index (χ1) is 5.00. The Hall–Kier alpha value is -0.770. The molecule has 1 aromatic rings. The largest absolute Gasteiger partial charge is 0.364 e. The lowest BCUT2D eigenvalue weighted by Crippen LogP contribution is -2.06. The van der Waals surface area contributed by atoms with Gasteiger partial charge in [0.2, 0.25) is 0 Å². The van der Waals surface area contributed by atoms with Crippen LogP contribution in [-0.2, 0) is 5.38 Å². The molecule has 0 unspecified atom stereocenters. The second-order valence-electron chi connectivity index (χ2n) is 2.04. The number of halogens is 3. The highest BCUT2D eigenvalue weighted by atomic mass is 35.5. The van der Waals surface area contributed by atoms with E-state index in [1.165, 1.54) is 0 Å². The Labute approximate surface area is 67.2 Å². The van der Waals surface area contributed by atoms with Gasteiger partial charge in [0.15, 0.2) is 0 Å². The lowest BCUT2D eigenvalue weighted by Gasteiger charge is -2.05. The van der Waals surface area contributed by atoms with E-state index >= 15 is 0 Å². The number of aryl methyl sites for hydroxylation is 1. The third-order valence-electron chi connectivity index (χ3n) is 1.09. The normalized spacial score (nSPS) is 11.6. The zero-order chi connectivity index (χ0) is 8.48. The van der Waals surface area contributed by atoms with Gasteiger partial charge in [0.1, 0.15) is 12.0 Å². The lowest BCUT2D eigenvalue weighted by molar-refractivity contribution is 0.0897. The zero-order valence-electron chi connectivity index (χ0n) is 5.68. The van der Waals surface area contributed by atoms with Gasteiger partial charge in [-0.15, -0.1) is 0 Å². The van der Waals surface area contributed by atoms with Crippen LogP contribution in [0.3, 0.4) is 0 Å². The molecular weight excluding hydrogens is 174 g/mol. The van der Waals surface area contributed by atoms with Crippen molar-refractivity contribution >= 4 is 11.6 Å². The van der Waals surface area contributed by atoms with E-state index in [-0.39, 0.29) is 0 Å². The molecule has 0 aliphatic carbocycles. The summed E-state index contributed by atoms with van der Waals surface area (Å²) < 4.78 is 24.6. The lowest BCUT2D eigenvalue weighted by atomic mass is 10.3. The summed E-state index contributed by atoms with van der Waals surface area (Å²) in [6, 6.07) is 1.15. The van der Waals surface area contributed by atoms with Crippen molar-refractivity contribution in [3.05, 3.63) is 23.8 Å². The highest BCUT2D eigenvalue weighted by molar-refractivity contribution is 6.21. The fourth-order valence-electron chi connectivity index (χ4n) is 0.610. The Morgan fingerprint density at radius 1 is 1.45 bits per heavy atom. The molecule has 11 heavy (non-hydrogen) atoms. The fraction of sp³-hybridized carbons (Fsp3) is 0.333. The summed E-state index contributed by atoms with van der Waals surface area (Å²) in [5.74, 6) is 0. The van der Waals surface area contributed by atoms with Crippen LogP contribution in [0, 0.1) is 6.92 Å². The first-order valence-corrected chi connectivity index (χ1v) is 3.24. The second-order valence-corrected chi connectivity index (χ2v) is 2.52. The van der Waals surface area contributed by atoms with Crippen molar-refractivity contribution in [1.82, 2.24) is 9.97 Å². The molecule has 2 nitrogen and oxygen atoms in total. The average Bonchev–Trinajstić information content (AvgIpc) is 1.86. The minimum atomic E-state index is -3.40. The van der Waals surface area contributed by atoms with Crippen LogP contribution in [-0.4, -0.2) is 9.97 Å². The summed E-state index contributed by atoms with van der Waals surface area (Å²) in [5, 5.41) is -3.40. The number of rotatable bonds is 1. The molecule has 5 heteroatoms. The van der Waals surface area contributed by atoms with E-state index in [0.717, 1.165) is 12.4 Å². The van der Waals surface area contributed by atoms with Gasteiger partial charge in [-0.05, 0) is 24.6 Å². The highest BCUT2D eigenvalue weighted by Gasteiger charge is 2.29. The third kappa shape index (κ3) is 2.08. The van der Waals surface area contributed by atoms with Crippen LogP contribution in [0.15, 0.2) is 12.4 Å². The van der Waals surface area contributed by atoms with Gasteiger partial charge in [0.05, 0.1) is 0 Å². The summed E-state index contributed by atoms with van der Waals surface area (Å²) in [6.45, 7) is 1.59. The minimum absolute atomic E-state index is 0.466. The van der Waals surface area contributed by atoms with Crippen molar-refractivity contribution in [2.45, 2.75) is 12.3 Å². The molecule has 1 heterocycles. The molecule has 0 aliphatic rings. The topological polar surface area (TPSA) is 25.8 Å². The number of aromatic nitrogens is 2. The summed E-state index contributed by atoms with van der Waals surface area (Å²) >= 11 is 4.71. The molecule has 0 saturated heterocycles. The van der Waals surface area contributed by atoms with Crippen molar-refractivity contribution in [2.24, 2.45) is 0 Å². The number of hydrogen-bond donors (Lipinski definition) is 0. The first-order valence-electron chi connectivity index (χ1n) is 2.86. The predicted molar refractivity (Wildman–Crippen MR) is 36.5 cm³/mol. The van der Waals surface area contributed by atoms with E-state index in [0.29, 0.717) is 5.69 Å². The highest BCUT2D eigenvalue weighted by Crippen LogP contribution is 2.30. The van der Waals surface area contributed by atoms with E-state index in [1.54, 1.807) is 6.92 Å². The predicted octanol–water partition coefficient (Wildman–Crippen LogP) is 2.07. The van der Waals surface area contributed by atoms with Crippen LogP contribution >= 0.6 is 11.6 Å². The Morgan fingerprint density at radius 3 is 2.45 bits per heavy atom. The Kier molecular flexibility index (Phi) is 2.04. The van der Waals surface area contributed by atoms with Gasteiger partial charge in [-0.25, -0.2) is 9.97 Å². The van der Waals surface area contributed by atoms with Crippen molar-refractivity contribution in [3.63, 3.8) is 0 Å². The summed E-state index contributed by atoms with van der Waals surface area (Å²) in [5.41, 5.74) is 0.00184. The smallest absolute Gasteiger partial charge is 0.242 e. The monoisotopic (exact) mass is 178 g/mol. The molecule has 0 amide bonds. The van der Waals surface area contributed by atoms with Crippen LogP contribution < -0.4 is 0 Å². The molecule has 0 aromatic carbocycles. The maximum atomic E-state index is 12.3. The SMILES string of the molecule is Cc1cc(C(F)(F)Cl)ncn1. The Balaban J connectivity index is 3.06.